The van der Waals surface area contributed by atoms with Gasteiger partial charge < -0.3 is 9.64 Å². The Balaban J connectivity index is 0. The van der Waals surface area contributed by atoms with E-state index < -0.39 is 19.6 Å². The fourth-order valence-electron chi connectivity index (χ4n) is 1.88. The van der Waals surface area contributed by atoms with E-state index >= 15 is 0 Å². The normalized spacial score (nSPS) is 10.8. The Bertz CT molecular complexity index is 656. The molecular weight excluding hydrogens is 428 g/mol. The van der Waals surface area contributed by atoms with Gasteiger partial charge in [-0.25, -0.2) is 17.6 Å². The highest BCUT2D eigenvalue weighted by Crippen LogP contribution is 2.10. The number of benzene rings is 1. The Morgan fingerprint density at radius 1 is 1.23 bits per heavy atom. The Morgan fingerprint density at radius 2 is 1.80 bits per heavy atom. The van der Waals surface area contributed by atoms with Crippen LogP contribution < -0.4 is 0 Å². The van der Waals surface area contributed by atoms with Crippen molar-refractivity contribution in [3.63, 3.8) is 0 Å². The molecule has 1 amide bonds. The Morgan fingerprint density at radius 3 is 2.17 bits per heavy atom. The molecule has 5 nitrogen and oxygen atoms in total. The van der Waals surface area contributed by atoms with Gasteiger partial charge in [-0.3, -0.25) is 14.6 Å². The number of aliphatic imine (C=N–C) groups is 1. The maximum atomic E-state index is 12.8. The lowest BCUT2D eigenvalue weighted by molar-refractivity contribution is -0.141. The van der Waals surface area contributed by atoms with E-state index in [4.69, 9.17) is 11.6 Å². The fourth-order valence-corrected chi connectivity index (χ4v) is 2.18. The van der Waals surface area contributed by atoms with Gasteiger partial charge in [-0.2, -0.15) is 0 Å². The smallest absolute Gasteiger partial charge is 0.302 e. The molecule has 0 saturated heterocycles. The third kappa shape index (κ3) is 16.5. The van der Waals surface area contributed by atoms with Crippen LogP contribution in [0.25, 0.3) is 0 Å². The van der Waals surface area contributed by atoms with Crippen LogP contribution in [0.5, 0.6) is 0 Å². The maximum absolute atomic E-state index is 12.8. The number of esters is 1. The number of nitrogens with zero attached hydrogens (tertiary/aromatic N) is 2. The molecule has 1 aromatic rings. The Hall–Kier alpha value is -2.42. The summed E-state index contributed by atoms with van der Waals surface area (Å²) >= 11 is 6.11. The fraction of sp³-hybridized carbons (Fsp3) is 0.450. The second-order valence-corrected chi connectivity index (χ2v) is 5.80. The molecule has 0 aromatic heterocycles. The van der Waals surface area contributed by atoms with Crippen LogP contribution in [0.4, 0.5) is 17.6 Å². The summed E-state index contributed by atoms with van der Waals surface area (Å²) in [7, 11) is 1.64. The number of carbonyl (C=O) groups excluding carboxylic acids is 2. The summed E-state index contributed by atoms with van der Waals surface area (Å²) in [5.41, 5.74) is 1.51. The van der Waals surface area contributed by atoms with E-state index in [0.29, 0.717) is 23.8 Å². The van der Waals surface area contributed by atoms with Crippen molar-refractivity contribution < 1.29 is 31.9 Å². The molecule has 1 aromatic carbocycles. The number of halogens is 5. The molecule has 0 spiro atoms. The van der Waals surface area contributed by atoms with Crippen LogP contribution in [0, 0.1) is 5.82 Å². The molecule has 0 aliphatic carbocycles. The topological polar surface area (TPSA) is 59.0 Å². The molecule has 1 rings (SSSR count). The molecular formula is C20H27ClF4N2O3. The summed E-state index contributed by atoms with van der Waals surface area (Å²) in [6.07, 6.45) is 3.40. The van der Waals surface area contributed by atoms with Gasteiger partial charge in [0.25, 0.3) is 0 Å². The van der Waals surface area contributed by atoms with Gasteiger partial charge in [0.1, 0.15) is 19.1 Å². The molecule has 0 radical (unpaired) electrons. The van der Waals surface area contributed by atoms with E-state index in [1.54, 1.807) is 24.1 Å². The SMILES string of the molecule is CC(=O)OCCF.CC/C=C(/Cl)C(CN(C=O)Cc1ccc(F)cc1)=NC.FCF. The van der Waals surface area contributed by atoms with Crippen LogP contribution >= 0.6 is 11.6 Å². The van der Waals surface area contributed by atoms with E-state index in [1.165, 1.54) is 19.1 Å². The minimum Gasteiger partial charge on any atom is -0.463 e. The molecule has 30 heavy (non-hydrogen) atoms. The van der Waals surface area contributed by atoms with Crippen LogP contribution in [0.3, 0.4) is 0 Å². The molecule has 0 heterocycles. The molecule has 0 aliphatic heterocycles. The van der Waals surface area contributed by atoms with Crippen molar-refractivity contribution in [1.82, 2.24) is 4.90 Å². The summed E-state index contributed by atoms with van der Waals surface area (Å²) in [6.45, 7) is 1.47. The van der Waals surface area contributed by atoms with Crippen molar-refractivity contribution in [3.8, 4) is 0 Å². The zero-order valence-corrected chi connectivity index (χ0v) is 18.0. The second-order valence-electron chi connectivity index (χ2n) is 5.40. The van der Waals surface area contributed by atoms with Crippen LogP contribution in [-0.4, -0.2) is 56.8 Å². The van der Waals surface area contributed by atoms with Crippen LogP contribution in [0.2, 0.25) is 0 Å². The lowest BCUT2D eigenvalue weighted by Crippen LogP contribution is -2.28. The van der Waals surface area contributed by atoms with Gasteiger partial charge in [0, 0.05) is 20.5 Å². The summed E-state index contributed by atoms with van der Waals surface area (Å²) in [5, 5.41) is 0.556. The Labute approximate surface area is 179 Å². The highest BCUT2D eigenvalue weighted by atomic mass is 35.5. The van der Waals surface area contributed by atoms with Crippen molar-refractivity contribution in [2.75, 3.05) is 33.8 Å². The van der Waals surface area contributed by atoms with E-state index in [1.807, 2.05) is 13.0 Å². The van der Waals surface area contributed by atoms with Crippen LogP contribution in [-0.2, 0) is 20.9 Å². The van der Waals surface area contributed by atoms with Gasteiger partial charge in [-0.05, 0) is 24.1 Å². The number of carbonyl (C=O) groups is 2. The van der Waals surface area contributed by atoms with Crippen LogP contribution in [0.1, 0.15) is 25.8 Å². The first-order valence-corrected chi connectivity index (χ1v) is 9.23. The molecule has 170 valence electrons. The number of amides is 1. The number of alkyl halides is 3. The molecule has 0 atom stereocenters. The zero-order valence-electron chi connectivity index (χ0n) is 17.2. The lowest BCUT2D eigenvalue weighted by Gasteiger charge is -2.18. The van der Waals surface area contributed by atoms with E-state index in [0.717, 1.165) is 18.4 Å². The van der Waals surface area contributed by atoms with Gasteiger partial charge >= 0.3 is 5.97 Å². The van der Waals surface area contributed by atoms with Crippen molar-refractivity contribution in [2.45, 2.75) is 26.8 Å². The molecule has 0 aliphatic rings. The predicted molar refractivity (Wildman–Crippen MR) is 110 cm³/mol. The molecule has 0 unspecified atom stereocenters. The highest BCUT2D eigenvalue weighted by molar-refractivity contribution is 6.43. The lowest BCUT2D eigenvalue weighted by atomic mass is 10.2. The third-order valence-electron chi connectivity index (χ3n) is 3.11. The molecule has 0 saturated carbocycles. The largest absolute Gasteiger partial charge is 0.463 e. The summed E-state index contributed by atoms with van der Waals surface area (Å²) in [6, 6.07) is 6.05. The third-order valence-corrected chi connectivity index (χ3v) is 3.48. The van der Waals surface area contributed by atoms with Gasteiger partial charge in [0.05, 0.1) is 17.3 Å². The number of hydrogen-bond acceptors (Lipinski definition) is 4. The number of ether oxygens (including phenoxy) is 1. The number of hydrogen-bond donors (Lipinski definition) is 0. The molecule has 0 fully saturated rings. The van der Waals surface area contributed by atoms with Gasteiger partial charge in [0.2, 0.25) is 13.3 Å². The highest BCUT2D eigenvalue weighted by Gasteiger charge is 2.10. The van der Waals surface area contributed by atoms with Gasteiger partial charge in [-0.1, -0.05) is 36.7 Å². The first kappa shape index (κ1) is 29.8. The van der Waals surface area contributed by atoms with E-state index in [2.05, 4.69) is 9.73 Å². The molecule has 10 heteroatoms. The van der Waals surface area contributed by atoms with Crippen molar-refractivity contribution in [1.29, 1.82) is 0 Å². The monoisotopic (exact) mass is 454 g/mol. The second kappa shape index (κ2) is 19.9. The average molecular weight is 455 g/mol. The van der Waals surface area contributed by atoms with Crippen molar-refractivity contribution in [3.05, 3.63) is 46.8 Å². The zero-order chi connectivity index (χ0) is 23.4. The van der Waals surface area contributed by atoms with E-state index in [-0.39, 0.29) is 12.4 Å². The number of allylic oxidation sites excluding steroid dienone is 1. The van der Waals surface area contributed by atoms with Gasteiger partial charge in [-0.15, -0.1) is 0 Å². The first-order chi connectivity index (χ1) is 14.3. The standard InChI is InChI=1S/C15H18ClFN2O.C4H7FO2.CH2F2/c1-3-4-14(16)15(18-2)10-19(11-20)9-12-5-7-13(17)8-6-12;1-4(6)7-3-2-5;2-1-3/h4-8,11H,3,9-10H2,1-2H3;2-3H2,1H3;1H2/b14-4+,18-15?;;. The first-order valence-electron chi connectivity index (χ1n) is 8.86. The van der Waals surface area contributed by atoms with Gasteiger partial charge in [0.15, 0.2) is 0 Å². The van der Waals surface area contributed by atoms with Crippen LogP contribution in [0.15, 0.2) is 40.4 Å². The minimum atomic E-state index is -1.75. The average Bonchev–Trinajstić information content (AvgIpc) is 2.72. The maximum Gasteiger partial charge on any atom is 0.302 e. The quantitative estimate of drug-likeness (QED) is 0.233. The Kier molecular flexibility index (Phi) is 19.7. The van der Waals surface area contributed by atoms with Crippen molar-refractivity contribution >= 4 is 29.7 Å². The van der Waals surface area contributed by atoms with Crippen molar-refractivity contribution in [2.24, 2.45) is 4.99 Å². The van der Waals surface area contributed by atoms with E-state index in [9.17, 15) is 27.2 Å². The molecule has 0 N–H and O–H groups in total. The molecule has 0 bridgehead atoms. The summed E-state index contributed by atoms with van der Waals surface area (Å²) < 4.78 is 47.3. The summed E-state index contributed by atoms with van der Waals surface area (Å²) in [4.78, 5) is 26.6. The minimum absolute atomic E-state index is 0.116. The summed E-state index contributed by atoms with van der Waals surface area (Å²) in [5.74, 6) is -0.728. The number of rotatable bonds is 9. The predicted octanol–water partition coefficient (Wildman–Crippen LogP) is 4.79.